The van der Waals surface area contributed by atoms with Gasteiger partial charge in [-0.2, -0.15) is 0 Å². The van der Waals surface area contributed by atoms with Gasteiger partial charge in [0.05, 0.1) is 26.3 Å². The molecular weight excluding hydrogens is 346 g/mol. The second-order valence-corrected chi connectivity index (χ2v) is 5.91. The largest absolute Gasteiger partial charge is 0.497 e. The van der Waals surface area contributed by atoms with E-state index in [0.29, 0.717) is 23.0 Å². The van der Waals surface area contributed by atoms with Crippen LogP contribution in [0.5, 0.6) is 11.5 Å². The Bertz CT molecular complexity index is 915. The third-order valence-corrected chi connectivity index (χ3v) is 4.10. The number of rotatable bonds is 7. The highest BCUT2D eigenvalue weighted by molar-refractivity contribution is 5.94. The highest BCUT2D eigenvalue weighted by atomic mass is 16.5. The van der Waals surface area contributed by atoms with Crippen molar-refractivity contribution in [3.05, 3.63) is 65.9 Å². The summed E-state index contributed by atoms with van der Waals surface area (Å²) in [5.74, 6) is 2.22. The third kappa shape index (κ3) is 4.48. The van der Waals surface area contributed by atoms with Gasteiger partial charge in [-0.25, -0.2) is 0 Å². The number of amides is 1. The van der Waals surface area contributed by atoms with Crippen LogP contribution in [0.2, 0.25) is 0 Å². The van der Waals surface area contributed by atoms with Gasteiger partial charge in [-0.1, -0.05) is 12.1 Å². The van der Waals surface area contributed by atoms with Crippen LogP contribution in [0.1, 0.15) is 11.3 Å². The summed E-state index contributed by atoms with van der Waals surface area (Å²) >= 11 is 0. The Hall–Kier alpha value is -3.25. The second-order valence-electron chi connectivity index (χ2n) is 5.91. The van der Waals surface area contributed by atoms with Crippen LogP contribution in [0.4, 0.5) is 5.69 Å². The number of carbonyl (C=O) groups is 1. The molecule has 6 nitrogen and oxygen atoms in total. The van der Waals surface area contributed by atoms with E-state index < -0.39 is 0 Å². The van der Waals surface area contributed by atoms with Gasteiger partial charge in [0.2, 0.25) is 5.91 Å². The Morgan fingerprint density at radius 1 is 1.04 bits per heavy atom. The number of aliphatic hydroxyl groups is 1. The van der Waals surface area contributed by atoms with E-state index in [2.05, 4.69) is 5.32 Å². The normalized spacial score (nSPS) is 10.5. The van der Waals surface area contributed by atoms with Gasteiger partial charge in [-0.3, -0.25) is 4.79 Å². The molecule has 0 saturated heterocycles. The molecule has 1 amide bonds. The number of ether oxygens (including phenoxy) is 2. The molecule has 0 aliphatic heterocycles. The first-order chi connectivity index (χ1) is 13.1. The lowest BCUT2D eigenvalue weighted by atomic mass is 10.1. The third-order valence-electron chi connectivity index (χ3n) is 4.10. The summed E-state index contributed by atoms with van der Waals surface area (Å²) < 4.78 is 16.0. The summed E-state index contributed by atoms with van der Waals surface area (Å²) in [6, 6.07) is 16.2. The van der Waals surface area contributed by atoms with Gasteiger partial charge >= 0.3 is 0 Å². The summed E-state index contributed by atoms with van der Waals surface area (Å²) in [6.07, 6.45) is 0.229. The number of benzene rings is 2. The van der Waals surface area contributed by atoms with E-state index in [9.17, 15) is 4.79 Å². The summed E-state index contributed by atoms with van der Waals surface area (Å²) in [5, 5.41) is 12.0. The van der Waals surface area contributed by atoms with Crippen LogP contribution in [0.15, 0.2) is 59.0 Å². The molecule has 1 aromatic heterocycles. The number of carbonyl (C=O) groups excluding carboxylic acids is 1. The maximum atomic E-state index is 12.4. The molecule has 6 heteroatoms. The van der Waals surface area contributed by atoms with Crippen LogP contribution in [-0.2, 0) is 17.8 Å². The van der Waals surface area contributed by atoms with Gasteiger partial charge < -0.3 is 24.3 Å². The molecule has 3 aromatic rings. The molecule has 140 valence electrons. The van der Waals surface area contributed by atoms with E-state index in [1.165, 1.54) is 0 Å². The minimum atomic E-state index is -0.165. The number of methoxy groups -OCH3 is 2. The standard InChI is InChI=1S/C21H21NO5/c1-25-16-6-3-14(4-7-16)11-21(24)22-18-12-15(5-9-20(18)26-2)19-10-8-17(13-23)27-19/h3-10,12,23H,11,13H2,1-2H3,(H,22,24). The molecule has 0 bridgehead atoms. The van der Waals surface area contributed by atoms with E-state index in [1.54, 1.807) is 38.5 Å². The summed E-state index contributed by atoms with van der Waals surface area (Å²) in [4.78, 5) is 12.4. The molecule has 0 atom stereocenters. The van der Waals surface area contributed by atoms with Gasteiger partial charge in [0.1, 0.15) is 29.6 Å². The molecule has 0 radical (unpaired) electrons. The van der Waals surface area contributed by atoms with E-state index in [-0.39, 0.29) is 18.9 Å². The van der Waals surface area contributed by atoms with Crippen molar-refractivity contribution < 1.29 is 23.8 Å². The predicted molar refractivity (Wildman–Crippen MR) is 102 cm³/mol. The number of nitrogens with one attached hydrogen (secondary N) is 1. The maximum absolute atomic E-state index is 12.4. The maximum Gasteiger partial charge on any atom is 0.228 e. The van der Waals surface area contributed by atoms with Gasteiger partial charge in [-0.05, 0) is 48.0 Å². The van der Waals surface area contributed by atoms with Crippen molar-refractivity contribution in [2.45, 2.75) is 13.0 Å². The Morgan fingerprint density at radius 3 is 2.44 bits per heavy atom. The van der Waals surface area contributed by atoms with Crippen molar-refractivity contribution >= 4 is 11.6 Å². The molecule has 2 N–H and O–H groups in total. The molecule has 1 heterocycles. The highest BCUT2D eigenvalue weighted by Crippen LogP contribution is 2.31. The molecule has 2 aromatic carbocycles. The molecule has 0 aliphatic carbocycles. The van der Waals surface area contributed by atoms with Crippen LogP contribution >= 0.6 is 0 Å². The minimum absolute atomic E-state index is 0.161. The first kappa shape index (κ1) is 18.5. The fourth-order valence-corrected chi connectivity index (χ4v) is 2.70. The van der Waals surface area contributed by atoms with Crippen LogP contribution in [0, 0.1) is 0 Å². The van der Waals surface area contributed by atoms with Crippen molar-refractivity contribution in [2.75, 3.05) is 19.5 Å². The SMILES string of the molecule is COc1ccc(CC(=O)Nc2cc(-c3ccc(CO)o3)ccc2OC)cc1. The van der Waals surface area contributed by atoms with Gasteiger partial charge in [0.25, 0.3) is 0 Å². The van der Waals surface area contributed by atoms with Crippen molar-refractivity contribution in [1.82, 2.24) is 0 Å². The van der Waals surface area contributed by atoms with E-state index in [0.717, 1.165) is 16.9 Å². The fourth-order valence-electron chi connectivity index (χ4n) is 2.70. The van der Waals surface area contributed by atoms with Gasteiger partial charge in [0.15, 0.2) is 0 Å². The summed E-state index contributed by atoms with van der Waals surface area (Å²) in [5.41, 5.74) is 2.20. The first-order valence-corrected chi connectivity index (χ1v) is 8.43. The molecule has 0 saturated carbocycles. The van der Waals surface area contributed by atoms with Crippen molar-refractivity contribution in [2.24, 2.45) is 0 Å². The lowest BCUT2D eigenvalue weighted by Crippen LogP contribution is -2.15. The summed E-state index contributed by atoms with van der Waals surface area (Å²) in [7, 11) is 3.15. The van der Waals surface area contributed by atoms with Crippen LogP contribution < -0.4 is 14.8 Å². The van der Waals surface area contributed by atoms with Crippen LogP contribution in [0.3, 0.4) is 0 Å². The Balaban J connectivity index is 1.77. The zero-order valence-electron chi connectivity index (χ0n) is 15.2. The highest BCUT2D eigenvalue weighted by Gasteiger charge is 2.12. The minimum Gasteiger partial charge on any atom is -0.497 e. The van der Waals surface area contributed by atoms with E-state index in [1.807, 2.05) is 30.3 Å². The van der Waals surface area contributed by atoms with Crippen molar-refractivity contribution in [1.29, 1.82) is 0 Å². The number of hydrogen-bond donors (Lipinski definition) is 2. The monoisotopic (exact) mass is 367 g/mol. The topological polar surface area (TPSA) is 80.9 Å². The number of furan rings is 1. The fraction of sp³-hybridized carbons (Fsp3) is 0.190. The second kappa shape index (κ2) is 8.42. The van der Waals surface area contributed by atoms with Gasteiger partial charge in [-0.15, -0.1) is 0 Å². The van der Waals surface area contributed by atoms with E-state index in [4.69, 9.17) is 19.0 Å². The smallest absolute Gasteiger partial charge is 0.228 e. The number of aliphatic hydroxyl groups excluding tert-OH is 1. The molecule has 27 heavy (non-hydrogen) atoms. The molecular formula is C21H21NO5. The lowest BCUT2D eigenvalue weighted by molar-refractivity contribution is -0.115. The number of hydrogen-bond acceptors (Lipinski definition) is 5. The summed E-state index contributed by atoms with van der Waals surface area (Å²) in [6.45, 7) is -0.165. The Kier molecular flexibility index (Phi) is 5.78. The molecule has 0 aliphatic rings. The zero-order valence-corrected chi connectivity index (χ0v) is 15.2. The van der Waals surface area contributed by atoms with Crippen LogP contribution in [0.25, 0.3) is 11.3 Å². The number of anilines is 1. The van der Waals surface area contributed by atoms with Crippen molar-refractivity contribution in [3.63, 3.8) is 0 Å². The quantitative estimate of drug-likeness (QED) is 0.666. The molecule has 3 rings (SSSR count). The average Bonchev–Trinajstić information content (AvgIpc) is 3.18. The van der Waals surface area contributed by atoms with E-state index >= 15 is 0 Å². The zero-order chi connectivity index (χ0) is 19.2. The predicted octanol–water partition coefficient (Wildman–Crippen LogP) is 3.64. The Labute approximate surface area is 157 Å². The Morgan fingerprint density at radius 2 is 1.81 bits per heavy atom. The molecule has 0 spiro atoms. The average molecular weight is 367 g/mol. The van der Waals surface area contributed by atoms with Crippen molar-refractivity contribution in [3.8, 4) is 22.8 Å². The first-order valence-electron chi connectivity index (χ1n) is 8.43. The lowest BCUT2D eigenvalue weighted by Gasteiger charge is -2.12. The van der Waals surface area contributed by atoms with Crippen LogP contribution in [-0.4, -0.2) is 25.2 Å². The van der Waals surface area contributed by atoms with Gasteiger partial charge in [0, 0.05) is 5.56 Å². The molecule has 0 unspecified atom stereocenters. The molecule has 0 fully saturated rings.